The summed E-state index contributed by atoms with van der Waals surface area (Å²) in [4.78, 5) is 12.5. The van der Waals surface area contributed by atoms with Crippen LogP contribution in [-0.2, 0) is 11.2 Å². The Morgan fingerprint density at radius 2 is 2.00 bits per heavy atom. The lowest BCUT2D eigenvalue weighted by Crippen LogP contribution is -2.24. The molecule has 1 heterocycles. The number of carbonyl (C=O) groups excluding carboxylic acids is 1. The maximum absolute atomic E-state index is 14.1. The molecule has 0 bridgehead atoms. The number of carbonyl (C=O) groups is 1. The number of ether oxygens (including phenoxy) is 1. The summed E-state index contributed by atoms with van der Waals surface area (Å²) in [5, 5.41) is 0. The lowest BCUT2D eigenvalue weighted by molar-refractivity contribution is 0.0345. The van der Waals surface area contributed by atoms with E-state index in [9.17, 15) is 9.18 Å². The summed E-state index contributed by atoms with van der Waals surface area (Å²) in [6, 6.07) is 12.4. The zero-order valence-electron chi connectivity index (χ0n) is 10.6. The van der Waals surface area contributed by atoms with Gasteiger partial charge in [-0.05, 0) is 45.6 Å². The molecular formula is C16H12BrFO2. The van der Waals surface area contributed by atoms with Gasteiger partial charge in [0.2, 0.25) is 0 Å². The Bertz CT molecular complexity index is 669. The average Bonchev–Trinajstić information content (AvgIpc) is 2.49. The Morgan fingerprint density at radius 3 is 2.85 bits per heavy atom. The summed E-state index contributed by atoms with van der Waals surface area (Å²) in [5.41, 5.74) is 1.98. The number of ketones is 1. The van der Waals surface area contributed by atoms with Crippen molar-refractivity contribution in [1.29, 1.82) is 0 Å². The van der Waals surface area contributed by atoms with E-state index >= 15 is 0 Å². The smallest absolute Gasteiger partial charge is 0.199 e. The van der Waals surface area contributed by atoms with E-state index in [2.05, 4.69) is 15.9 Å². The quantitative estimate of drug-likeness (QED) is 0.773. The van der Waals surface area contributed by atoms with E-state index in [1.807, 2.05) is 24.3 Å². The van der Waals surface area contributed by atoms with Gasteiger partial charge in [0.15, 0.2) is 5.78 Å². The molecular weight excluding hydrogens is 323 g/mol. The van der Waals surface area contributed by atoms with Crippen LogP contribution in [0, 0.1) is 5.82 Å². The van der Waals surface area contributed by atoms with Crippen LogP contribution in [0.2, 0.25) is 0 Å². The maximum Gasteiger partial charge on any atom is 0.199 e. The van der Waals surface area contributed by atoms with Crippen LogP contribution >= 0.6 is 15.9 Å². The van der Waals surface area contributed by atoms with Gasteiger partial charge in [-0.3, -0.25) is 4.79 Å². The van der Waals surface area contributed by atoms with Gasteiger partial charge in [0, 0.05) is 0 Å². The Labute approximate surface area is 124 Å². The first-order valence-electron chi connectivity index (χ1n) is 6.36. The normalized spacial score (nSPS) is 17.6. The minimum Gasteiger partial charge on any atom is -0.365 e. The van der Waals surface area contributed by atoms with Crippen molar-refractivity contribution in [2.75, 3.05) is 6.61 Å². The van der Waals surface area contributed by atoms with Gasteiger partial charge in [-0.15, -0.1) is 0 Å². The Balaban J connectivity index is 2.02. The van der Waals surface area contributed by atoms with E-state index < -0.39 is 11.9 Å². The van der Waals surface area contributed by atoms with E-state index in [-0.39, 0.29) is 15.8 Å². The summed E-state index contributed by atoms with van der Waals surface area (Å²) >= 11 is 3.10. The zero-order chi connectivity index (χ0) is 14.1. The summed E-state index contributed by atoms with van der Waals surface area (Å²) < 4.78 is 19.9. The van der Waals surface area contributed by atoms with Crippen LogP contribution in [0.4, 0.5) is 4.39 Å². The maximum atomic E-state index is 14.1. The second-order valence-corrected chi connectivity index (χ2v) is 5.52. The van der Waals surface area contributed by atoms with E-state index in [1.165, 1.54) is 6.07 Å². The summed E-state index contributed by atoms with van der Waals surface area (Å²) in [5.74, 6) is -0.875. The average molecular weight is 335 g/mol. The second kappa shape index (κ2) is 5.46. The molecule has 1 unspecified atom stereocenters. The molecule has 0 N–H and O–H groups in total. The lowest BCUT2D eigenvalue weighted by Gasteiger charge is -2.25. The SMILES string of the molecule is O=C(c1cccc(Br)c1F)C1OCCc2ccccc21. The molecule has 0 saturated carbocycles. The van der Waals surface area contributed by atoms with Crippen molar-refractivity contribution in [3.8, 4) is 0 Å². The lowest BCUT2D eigenvalue weighted by atomic mass is 9.92. The van der Waals surface area contributed by atoms with Gasteiger partial charge in [-0.1, -0.05) is 30.3 Å². The van der Waals surface area contributed by atoms with Gasteiger partial charge in [-0.2, -0.15) is 0 Å². The number of benzene rings is 2. The van der Waals surface area contributed by atoms with E-state index in [0.717, 1.165) is 17.5 Å². The molecule has 20 heavy (non-hydrogen) atoms. The fourth-order valence-electron chi connectivity index (χ4n) is 2.45. The molecule has 2 nitrogen and oxygen atoms in total. The molecule has 0 amide bonds. The molecule has 2 aromatic carbocycles. The fourth-order valence-corrected chi connectivity index (χ4v) is 2.81. The van der Waals surface area contributed by atoms with Crippen LogP contribution in [-0.4, -0.2) is 12.4 Å². The zero-order valence-corrected chi connectivity index (χ0v) is 12.2. The molecule has 0 spiro atoms. The molecule has 102 valence electrons. The van der Waals surface area contributed by atoms with Crippen molar-refractivity contribution >= 4 is 21.7 Å². The highest BCUT2D eigenvalue weighted by Crippen LogP contribution is 2.31. The Hall–Kier alpha value is -1.52. The van der Waals surface area contributed by atoms with Crippen molar-refractivity contribution in [1.82, 2.24) is 0 Å². The third kappa shape index (κ3) is 2.30. The van der Waals surface area contributed by atoms with Crippen molar-refractivity contribution in [3.05, 3.63) is 69.4 Å². The van der Waals surface area contributed by atoms with E-state index in [1.54, 1.807) is 12.1 Å². The van der Waals surface area contributed by atoms with Crippen molar-refractivity contribution in [3.63, 3.8) is 0 Å². The topological polar surface area (TPSA) is 26.3 Å². The highest BCUT2D eigenvalue weighted by atomic mass is 79.9. The molecule has 0 aromatic heterocycles. The highest BCUT2D eigenvalue weighted by Gasteiger charge is 2.29. The van der Waals surface area contributed by atoms with Crippen molar-refractivity contribution in [2.24, 2.45) is 0 Å². The summed E-state index contributed by atoms with van der Waals surface area (Å²) in [7, 11) is 0. The molecule has 2 aromatic rings. The first-order valence-corrected chi connectivity index (χ1v) is 7.15. The van der Waals surface area contributed by atoms with Gasteiger partial charge in [0.05, 0.1) is 16.6 Å². The van der Waals surface area contributed by atoms with Gasteiger partial charge in [0.1, 0.15) is 11.9 Å². The van der Waals surface area contributed by atoms with E-state index in [4.69, 9.17) is 4.74 Å². The number of Topliss-reactive ketones (excluding diaryl/α,β-unsaturated/α-hetero) is 1. The highest BCUT2D eigenvalue weighted by molar-refractivity contribution is 9.10. The van der Waals surface area contributed by atoms with Gasteiger partial charge >= 0.3 is 0 Å². The van der Waals surface area contributed by atoms with Gasteiger partial charge in [0.25, 0.3) is 0 Å². The number of rotatable bonds is 2. The molecule has 4 heteroatoms. The number of fused-ring (bicyclic) bond motifs is 1. The third-order valence-electron chi connectivity index (χ3n) is 3.45. The molecule has 3 rings (SSSR count). The number of hydrogen-bond acceptors (Lipinski definition) is 2. The largest absolute Gasteiger partial charge is 0.365 e. The fraction of sp³-hybridized carbons (Fsp3) is 0.188. The van der Waals surface area contributed by atoms with Crippen LogP contribution in [0.25, 0.3) is 0 Å². The van der Waals surface area contributed by atoms with Crippen molar-refractivity contribution in [2.45, 2.75) is 12.5 Å². The summed E-state index contributed by atoms with van der Waals surface area (Å²) in [6.45, 7) is 0.475. The monoisotopic (exact) mass is 334 g/mol. The van der Waals surface area contributed by atoms with Crippen LogP contribution in [0.3, 0.4) is 0 Å². The molecule has 0 aliphatic carbocycles. The second-order valence-electron chi connectivity index (χ2n) is 4.67. The van der Waals surface area contributed by atoms with Crippen LogP contribution < -0.4 is 0 Å². The third-order valence-corrected chi connectivity index (χ3v) is 4.06. The van der Waals surface area contributed by atoms with Crippen molar-refractivity contribution < 1.29 is 13.9 Å². The molecule has 1 aliphatic heterocycles. The molecule has 0 radical (unpaired) electrons. The molecule has 0 saturated heterocycles. The van der Waals surface area contributed by atoms with Gasteiger partial charge in [-0.25, -0.2) is 4.39 Å². The molecule has 1 atom stereocenters. The first-order chi connectivity index (χ1) is 9.68. The summed E-state index contributed by atoms with van der Waals surface area (Å²) in [6.07, 6.45) is 0.0599. The minimum atomic E-state index is -0.719. The first kappa shape index (κ1) is 13.5. The van der Waals surface area contributed by atoms with Gasteiger partial charge < -0.3 is 4.74 Å². The molecule has 1 aliphatic rings. The standard InChI is InChI=1S/C16H12BrFO2/c17-13-7-3-6-12(14(13)18)15(19)16-11-5-2-1-4-10(11)8-9-20-16/h1-7,16H,8-9H2. The predicted molar refractivity (Wildman–Crippen MR) is 77.3 cm³/mol. The number of hydrogen-bond donors (Lipinski definition) is 0. The Kier molecular flexibility index (Phi) is 3.68. The van der Waals surface area contributed by atoms with Crippen LogP contribution in [0.1, 0.15) is 27.6 Å². The predicted octanol–water partition coefficient (Wildman–Crippen LogP) is 4.08. The Morgan fingerprint density at radius 1 is 1.20 bits per heavy atom. The molecule has 0 fully saturated rings. The minimum absolute atomic E-state index is 0.0566. The number of halogens is 2. The van der Waals surface area contributed by atoms with Crippen LogP contribution in [0.5, 0.6) is 0 Å². The van der Waals surface area contributed by atoms with Crippen LogP contribution in [0.15, 0.2) is 46.9 Å². The van der Waals surface area contributed by atoms with E-state index in [0.29, 0.717) is 6.61 Å².